The minimum atomic E-state index is -3.11. The molecule has 7 nitrogen and oxygen atoms in total. The molecule has 1 aliphatic rings. The van der Waals surface area contributed by atoms with Gasteiger partial charge in [0.25, 0.3) is 11.6 Å². The molecule has 1 aliphatic heterocycles. The molecule has 1 aromatic carbocycles. The predicted molar refractivity (Wildman–Crippen MR) is 72.2 cm³/mol. The summed E-state index contributed by atoms with van der Waals surface area (Å²) in [5, 5.41) is 10.9. The standard InChI is InChI=1S/C12H14N2O5S/c1-13(9-6-7-20(18,19)8-9)12(15)10-4-2-3-5-11(10)14(16)17/h2-5,9H,6-8H2,1H3/t9-/m1/s1. The Hall–Kier alpha value is -1.96. The Balaban J connectivity index is 2.26. The highest BCUT2D eigenvalue weighted by Gasteiger charge is 2.34. The van der Waals surface area contributed by atoms with Crippen LogP contribution in [0.15, 0.2) is 24.3 Å². The van der Waals surface area contributed by atoms with Crippen LogP contribution >= 0.6 is 0 Å². The van der Waals surface area contributed by atoms with Gasteiger partial charge in [-0.1, -0.05) is 12.1 Å². The largest absolute Gasteiger partial charge is 0.337 e. The maximum Gasteiger partial charge on any atom is 0.282 e. The van der Waals surface area contributed by atoms with Crippen molar-refractivity contribution in [3.8, 4) is 0 Å². The number of sulfone groups is 1. The number of rotatable bonds is 3. The van der Waals surface area contributed by atoms with Crippen LogP contribution < -0.4 is 0 Å². The zero-order chi connectivity index (χ0) is 14.9. The van der Waals surface area contributed by atoms with Gasteiger partial charge in [-0.25, -0.2) is 8.42 Å². The summed E-state index contributed by atoms with van der Waals surface area (Å²) in [6.45, 7) is 0. The molecule has 2 rings (SSSR count). The van der Waals surface area contributed by atoms with Gasteiger partial charge in [0.2, 0.25) is 0 Å². The maximum atomic E-state index is 12.3. The Morgan fingerprint density at radius 1 is 1.40 bits per heavy atom. The summed E-state index contributed by atoms with van der Waals surface area (Å²) in [5.41, 5.74) is -0.297. The van der Waals surface area contributed by atoms with Crippen LogP contribution in [0.2, 0.25) is 0 Å². The molecule has 0 radical (unpaired) electrons. The van der Waals surface area contributed by atoms with Crippen LogP contribution in [0, 0.1) is 10.1 Å². The minimum Gasteiger partial charge on any atom is -0.337 e. The van der Waals surface area contributed by atoms with Gasteiger partial charge < -0.3 is 4.90 Å². The molecular weight excluding hydrogens is 284 g/mol. The number of para-hydroxylation sites is 1. The summed E-state index contributed by atoms with van der Waals surface area (Å²) < 4.78 is 22.9. The van der Waals surface area contributed by atoms with Crippen LogP contribution in [0.1, 0.15) is 16.8 Å². The summed E-state index contributed by atoms with van der Waals surface area (Å²) in [7, 11) is -1.63. The fourth-order valence-corrected chi connectivity index (χ4v) is 4.02. The van der Waals surface area contributed by atoms with Gasteiger partial charge in [0.1, 0.15) is 5.56 Å². The third-order valence-corrected chi connectivity index (χ3v) is 5.16. The molecule has 108 valence electrons. The van der Waals surface area contributed by atoms with E-state index < -0.39 is 26.7 Å². The topological polar surface area (TPSA) is 97.6 Å². The van der Waals surface area contributed by atoms with Crippen LogP contribution in [0.4, 0.5) is 5.69 Å². The molecule has 1 atom stereocenters. The number of carbonyl (C=O) groups is 1. The van der Waals surface area contributed by atoms with Crippen molar-refractivity contribution in [1.82, 2.24) is 4.90 Å². The zero-order valence-electron chi connectivity index (χ0n) is 10.9. The van der Waals surface area contributed by atoms with Crippen molar-refractivity contribution < 1.29 is 18.1 Å². The third kappa shape index (κ3) is 2.79. The van der Waals surface area contributed by atoms with Crippen molar-refractivity contribution in [2.75, 3.05) is 18.6 Å². The van der Waals surface area contributed by atoms with Crippen molar-refractivity contribution in [3.05, 3.63) is 39.9 Å². The highest BCUT2D eigenvalue weighted by Crippen LogP contribution is 2.23. The average Bonchev–Trinajstić information content (AvgIpc) is 2.77. The van der Waals surface area contributed by atoms with E-state index in [1.54, 1.807) is 6.07 Å². The summed E-state index contributed by atoms with van der Waals surface area (Å²) >= 11 is 0. The van der Waals surface area contributed by atoms with Crippen molar-refractivity contribution >= 4 is 21.4 Å². The van der Waals surface area contributed by atoms with E-state index in [0.717, 1.165) is 0 Å². The van der Waals surface area contributed by atoms with Crippen LogP contribution in [0.25, 0.3) is 0 Å². The van der Waals surface area contributed by atoms with Gasteiger partial charge in [-0.15, -0.1) is 0 Å². The lowest BCUT2D eigenvalue weighted by atomic mass is 10.1. The second kappa shape index (κ2) is 5.20. The van der Waals surface area contributed by atoms with Gasteiger partial charge in [0.05, 0.1) is 16.4 Å². The minimum absolute atomic E-state index is 0.0238. The van der Waals surface area contributed by atoms with Gasteiger partial charge in [-0.3, -0.25) is 14.9 Å². The summed E-state index contributed by atoms with van der Waals surface area (Å²) in [5.74, 6) is -0.568. The SMILES string of the molecule is CN(C(=O)c1ccccc1[N+](=O)[O-])[C@@H]1CCS(=O)(=O)C1. The van der Waals surface area contributed by atoms with Crippen LogP contribution in [-0.2, 0) is 9.84 Å². The second-order valence-corrected chi connectivity index (χ2v) is 6.98. The van der Waals surface area contributed by atoms with E-state index in [0.29, 0.717) is 6.42 Å². The quantitative estimate of drug-likeness (QED) is 0.608. The number of carbonyl (C=O) groups excluding carboxylic acids is 1. The summed E-state index contributed by atoms with van der Waals surface area (Å²) in [4.78, 5) is 23.9. The van der Waals surface area contributed by atoms with Crippen LogP contribution in [0.5, 0.6) is 0 Å². The molecule has 0 bridgehead atoms. The number of benzene rings is 1. The lowest BCUT2D eigenvalue weighted by molar-refractivity contribution is -0.385. The van der Waals surface area contributed by atoms with Crippen LogP contribution in [-0.4, -0.2) is 48.7 Å². The molecule has 0 spiro atoms. The lowest BCUT2D eigenvalue weighted by Gasteiger charge is -2.23. The third-order valence-electron chi connectivity index (χ3n) is 3.41. The lowest BCUT2D eigenvalue weighted by Crippen LogP contribution is -2.38. The molecule has 0 aromatic heterocycles. The van der Waals surface area contributed by atoms with E-state index in [9.17, 15) is 23.3 Å². The molecule has 1 aromatic rings. The van der Waals surface area contributed by atoms with Gasteiger partial charge in [-0.2, -0.15) is 0 Å². The molecule has 0 unspecified atom stereocenters. The van der Waals surface area contributed by atoms with Gasteiger partial charge in [-0.05, 0) is 12.5 Å². The van der Waals surface area contributed by atoms with Crippen molar-refractivity contribution in [1.29, 1.82) is 0 Å². The number of nitro groups is 1. The van der Waals surface area contributed by atoms with Gasteiger partial charge in [0.15, 0.2) is 9.84 Å². The monoisotopic (exact) mass is 298 g/mol. The van der Waals surface area contributed by atoms with Crippen molar-refractivity contribution in [2.24, 2.45) is 0 Å². The molecule has 1 amide bonds. The Labute approximate surface area is 116 Å². The Bertz CT molecular complexity index is 656. The molecular formula is C12H14N2O5S. The van der Waals surface area contributed by atoms with Crippen molar-refractivity contribution in [3.63, 3.8) is 0 Å². The van der Waals surface area contributed by atoms with E-state index in [1.807, 2.05) is 0 Å². The number of hydrogen-bond acceptors (Lipinski definition) is 5. The first-order valence-corrected chi connectivity index (χ1v) is 7.85. The summed E-state index contributed by atoms with van der Waals surface area (Å²) in [6, 6.07) is 5.23. The van der Waals surface area contributed by atoms with Crippen LogP contribution in [0.3, 0.4) is 0 Å². The van der Waals surface area contributed by atoms with Gasteiger partial charge >= 0.3 is 0 Å². The normalized spacial score (nSPS) is 20.6. The van der Waals surface area contributed by atoms with E-state index in [-0.39, 0.29) is 22.8 Å². The first kappa shape index (κ1) is 14.4. The van der Waals surface area contributed by atoms with E-state index in [2.05, 4.69) is 0 Å². The molecule has 20 heavy (non-hydrogen) atoms. The Morgan fingerprint density at radius 3 is 2.60 bits per heavy atom. The maximum absolute atomic E-state index is 12.3. The highest BCUT2D eigenvalue weighted by atomic mass is 32.2. The number of nitro benzene ring substituents is 1. The first-order chi connectivity index (χ1) is 9.32. The highest BCUT2D eigenvalue weighted by molar-refractivity contribution is 7.91. The molecule has 1 saturated heterocycles. The number of amides is 1. The number of nitrogens with zero attached hydrogens (tertiary/aromatic N) is 2. The Morgan fingerprint density at radius 2 is 2.05 bits per heavy atom. The van der Waals surface area contributed by atoms with Gasteiger partial charge in [0, 0.05) is 19.2 Å². The molecule has 8 heteroatoms. The van der Waals surface area contributed by atoms with E-state index in [4.69, 9.17) is 0 Å². The molecule has 1 fully saturated rings. The van der Waals surface area contributed by atoms with E-state index >= 15 is 0 Å². The Kier molecular flexibility index (Phi) is 3.76. The molecule has 0 N–H and O–H groups in total. The zero-order valence-corrected chi connectivity index (χ0v) is 11.7. The van der Waals surface area contributed by atoms with E-state index in [1.165, 1.54) is 30.1 Å². The molecule has 0 aliphatic carbocycles. The fourth-order valence-electron chi connectivity index (χ4n) is 2.25. The summed E-state index contributed by atoms with van der Waals surface area (Å²) in [6.07, 6.45) is 0.366. The smallest absolute Gasteiger partial charge is 0.282 e. The van der Waals surface area contributed by atoms with Crippen molar-refractivity contribution in [2.45, 2.75) is 12.5 Å². The molecule has 0 saturated carbocycles. The second-order valence-electron chi connectivity index (χ2n) is 4.75. The number of hydrogen-bond donors (Lipinski definition) is 0. The average molecular weight is 298 g/mol. The molecule has 1 heterocycles. The predicted octanol–water partition coefficient (Wildman–Crippen LogP) is 0.854. The first-order valence-electron chi connectivity index (χ1n) is 6.03. The fraction of sp³-hybridized carbons (Fsp3) is 0.417.